The Labute approximate surface area is 211 Å². The molecule has 2 aromatic carbocycles. The van der Waals surface area contributed by atoms with Gasteiger partial charge in [-0.25, -0.2) is 4.79 Å². The first kappa shape index (κ1) is 27.5. The SMILES string of the molecule is CC[C@@](OCc1ccccc1)(C(=O)O)C(C)(C)COS(=O)(=O)CCCN1C(=O)c2ccccc2C1=O. The van der Waals surface area contributed by atoms with Crippen LogP contribution in [0, 0.1) is 5.41 Å². The second kappa shape index (κ2) is 10.9. The minimum atomic E-state index is -4.07. The second-order valence-electron chi connectivity index (χ2n) is 9.33. The highest BCUT2D eigenvalue weighted by Crippen LogP contribution is 2.39. The van der Waals surface area contributed by atoms with Crippen molar-refractivity contribution in [2.75, 3.05) is 18.9 Å². The molecule has 0 saturated carbocycles. The Balaban J connectivity index is 1.60. The van der Waals surface area contributed by atoms with Crippen LogP contribution < -0.4 is 0 Å². The third-order valence-corrected chi connectivity index (χ3v) is 7.78. The summed E-state index contributed by atoms with van der Waals surface area (Å²) >= 11 is 0. The minimum absolute atomic E-state index is 0.0173. The van der Waals surface area contributed by atoms with Crippen molar-refractivity contribution in [3.8, 4) is 0 Å². The number of ether oxygens (including phenoxy) is 1. The third kappa shape index (κ3) is 5.66. The van der Waals surface area contributed by atoms with Crippen LogP contribution in [0.4, 0.5) is 0 Å². The van der Waals surface area contributed by atoms with Gasteiger partial charge in [-0.05, 0) is 30.5 Å². The topological polar surface area (TPSA) is 127 Å². The van der Waals surface area contributed by atoms with Crippen molar-refractivity contribution < 1.29 is 36.8 Å². The molecule has 0 spiro atoms. The zero-order valence-corrected chi connectivity index (χ0v) is 21.4. The number of rotatable bonds is 13. The van der Waals surface area contributed by atoms with Gasteiger partial charge in [-0.3, -0.25) is 18.7 Å². The van der Waals surface area contributed by atoms with E-state index in [-0.39, 0.29) is 26.0 Å². The third-order valence-electron chi connectivity index (χ3n) is 6.52. The van der Waals surface area contributed by atoms with Gasteiger partial charge in [0.15, 0.2) is 5.60 Å². The van der Waals surface area contributed by atoms with E-state index >= 15 is 0 Å². The van der Waals surface area contributed by atoms with Crippen molar-refractivity contribution in [3.05, 3.63) is 71.3 Å². The first-order chi connectivity index (χ1) is 16.9. The van der Waals surface area contributed by atoms with Gasteiger partial charge in [0, 0.05) is 12.0 Å². The molecule has 2 aromatic rings. The molecule has 0 aliphatic carbocycles. The van der Waals surface area contributed by atoms with Crippen LogP contribution in [0.25, 0.3) is 0 Å². The summed E-state index contributed by atoms with van der Waals surface area (Å²) < 4.78 is 36.3. The van der Waals surface area contributed by atoms with E-state index in [1.165, 1.54) is 0 Å². The van der Waals surface area contributed by atoms with E-state index in [2.05, 4.69) is 0 Å². The molecule has 0 radical (unpaired) electrons. The molecule has 0 fully saturated rings. The maximum atomic E-state index is 12.6. The standard InChI is InChI=1S/C26H31NO8S/c1-4-26(24(30)31,34-17-19-11-6-5-7-12-19)25(2,3)18-35-36(32,33)16-10-15-27-22(28)20-13-8-9-14-21(20)23(27)29/h5-9,11-14H,4,10,15-18H2,1-3H3,(H,30,31)/t26-/m1/s1. The molecular weight excluding hydrogens is 486 g/mol. The van der Waals surface area contributed by atoms with Gasteiger partial charge in [0.1, 0.15) is 0 Å². The lowest BCUT2D eigenvalue weighted by Gasteiger charge is -2.42. The van der Waals surface area contributed by atoms with Crippen LogP contribution >= 0.6 is 0 Å². The molecule has 194 valence electrons. The van der Waals surface area contributed by atoms with E-state index in [1.54, 1.807) is 45.0 Å². The molecule has 1 aliphatic heterocycles. The molecular formula is C26H31NO8S. The highest BCUT2D eigenvalue weighted by Gasteiger charge is 2.52. The van der Waals surface area contributed by atoms with Crippen molar-refractivity contribution in [3.63, 3.8) is 0 Å². The molecule has 10 heteroatoms. The van der Waals surface area contributed by atoms with Gasteiger partial charge in [0.05, 0.1) is 30.1 Å². The normalized spacial score (nSPS) is 15.6. The molecule has 0 bridgehead atoms. The average molecular weight is 518 g/mol. The summed E-state index contributed by atoms with van der Waals surface area (Å²) in [6.45, 7) is 4.38. The van der Waals surface area contributed by atoms with Gasteiger partial charge in [0.25, 0.3) is 21.9 Å². The number of imide groups is 1. The van der Waals surface area contributed by atoms with Crippen LogP contribution in [0.3, 0.4) is 0 Å². The Morgan fingerprint density at radius 3 is 2.06 bits per heavy atom. The number of carboxylic acids is 1. The van der Waals surface area contributed by atoms with E-state index in [4.69, 9.17) is 8.92 Å². The largest absolute Gasteiger partial charge is 0.479 e. The predicted octanol–water partition coefficient (Wildman–Crippen LogP) is 3.50. The summed E-state index contributed by atoms with van der Waals surface area (Å²) in [5, 5.41) is 10.1. The van der Waals surface area contributed by atoms with Gasteiger partial charge >= 0.3 is 5.97 Å². The maximum Gasteiger partial charge on any atom is 0.336 e. The van der Waals surface area contributed by atoms with Gasteiger partial charge in [-0.1, -0.05) is 63.2 Å². The van der Waals surface area contributed by atoms with Crippen LogP contribution in [0.5, 0.6) is 0 Å². The molecule has 3 rings (SSSR count). The number of hydrogen-bond acceptors (Lipinski definition) is 7. The Hall–Kier alpha value is -3.08. The fourth-order valence-electron chi connectivity index (χ4n) is 4.31. The Morgan fingerprint density at radius 2 is 1.53 bits per heavy atom. The Bertz CT molecular complexity index is 1190. The van der Waals surface area contributed by atoms with Crippen LogP contribution in [0.2, 0.25) is 0 Å². The number of benzene rings is 2. The summed E-state index contributed by atoms with van der Waals surface area (Å²) in [6.07, 6.45) is 0.0713. The molecule has 1 heterocycles. The molecule has 1 N–H and O–H groups in total. The van der Waals surface area contributed by atoms with Crippen molar-refractivity contribution in [2.24, 2.45) is 5.41 Å². The number of nitrogens with zero attached hydrogens (tertiary/aromatic N) is 1. The number of carbonyl (C=O) groups excluding carboxylic acids is 2. The quantitative estimate of drug-likeness (QED) is 0.316. The molecule has 0 aromatic heterocycles. The summed E-state index contributed by atoms with van der Waals surface area (Å²) in [4.78, 5) is 38.2. The van der Waals surface area contributed by atoms with Crippen LogP contribution in [-0.4, -0.2) is 60.7 Å². The zero-order chi connectivity index (χ0) is 26.6. The summed E-state index contributed by atoms with van der Waals surface area (Å²) in [5.41, 5.74) is -1.53. The fourth-order valence-corrected chi connectivity index (χ4v) is 5.39. The van der Waals surface area contributed by atoms with Crippen LogP contribution in [0.15, 0.2) is 54.6 Å². The van der Waals surface area contributed by atoms with Crippen LogP contribution in [-0.2, 0) is 30.4 Å². The lowest BCUT2D eigenvalue weighted by Crippen LogP contribution is -2.55. The monoisotopic (exact) mass is 517 g/mol. The summed E-state index contributed by atoms with van der Waals surface area (Å²) in [7, 11) is -4.07. The van der Waals surface area contributed by atoms with E-state index in [9.17, 15) is 27.9 Å². The second-order valence-corrected chi connectivity index (χ2v) is 11.1. The van der Waals surface area contributed by atoms with Gasteiger partial charge in [0.2, 0.25) is 0 Å². The van der Waals surface area contributed by atoms with Crippen LogP contribution in [0.1, 0.15) is 59.9 Å². The number of carbonyl (C=O) groups is 3. The molecule has 36 heavy (non-hydrogen) atoms. The summed E-state index contributed by atoms with van der Waals surface area (Å²) in [6, 6.07) is 15.5. The minimum Gasteiger partial charge on any atom is -0.479 e. The highest BCUT2D eigenvalue weighted by molar-refractivity contribution is 7.86. The Kier molecular flexibility index (Phi) is 8.33. The van der Waals surface area contributed by atoms with Crippen molar-refractivity contribution in [1.82, 2.24) is 4.90 Å². The number of amides is 2. The summed E-state index contributed by atoms with van der Waals surface area (Å²) in [5.74, 6) is -2.56. The van der Waals surface area contributed by atoms with Crippen molar-refractivity contribution in [2.45, 2.75) is 45.8 Å². The van der Waals surface area contributed by atoms with E-state index in [0.29, 0.717) is 11.1 Å². The lowest BCUT2D eigenvalue weighted by molar-refractivity contribution is -0.193. The Morgan fingerprint density at radius 1 is 0.972 bits per heavy atom. The van der Waals surface area contributed by atoms with Crippen molar-refractivity contribution >= 4 is 27.9 Å². The van der Waals surface area contributed by atoms with E-state index in [0.717, 1.165) is 10.5 Å². The fraction of sp³-hybridized carbons (Fsp3) is 0.423. The number of aliphatic carboxylic acids is 1. The number of fused-ring (bicyclic) bond motifs is 1. The number of carboxylic acid groups (broad SMARTS) is 1. The van der Waals surface area contributed by atoms with Gasteiger partial charge in [-0.2, -0.15) is 8.42 Å². The van der Waals surface area contributed by atoms with Crippen molar-refractivity contribution in [1.29, 1.82) is 0 Å². The molecule has 9 nitrogen and oxygen atoms in total. The smallest absolute Gasteiger partial charge is 0.336 e. The average Bonchev–Trinajstić information content (AvgIpc) is 3.09. The highest BCUT2D eigenvalue weighted by atomic mass is 32.2. The van der Waals surface area contributed by atoms with Gasteiger partial charge < -0.3 is 9.84 Å². The van der Waals surface area contributed by atoms with Gasteiger partial charge in [-0.15, -0.1) is 0 Å². The van der Waals surface area contributed by atoms with E-state index in [1.807, 2.05) is 30.3 Å². The molecule has 0 unspecified atom stereocenters. The molecule has 1 atom stereocenters. The predicted molar refractivity (Wildman–Crippen MR) is 132 cm³/mol. The lowest BCUT2D eigenvalue weighted by atomic mass is 9.73. The van der Waals surface area contributed by atoms with E-state index < -0.39 is 51.3 Å². The maximum absolute atomic E-state index is 12.6. The molecule has 2 amide bonds. The first-order valence-corrected chi connectivity index (χ1v) is 13.3. The first-order valence-electron chi connectivity index (χ1n) is 11.7. The molecule has 0 saturated heterocycles. The zero-order valence-electron chi connectivity index (χ0n) is 20.6. The molecule has 1 aliphatic rings. The number of hydrogen-bond donors (Lipinski definition) is 1.